The molecule has 1 atom stereocenters. The second kappa shape index (κ2) is 8.31. The summed E-state index contributed by atoms with van der Waals surface area (Å²) in [6, 6.07) is 8.07. The highest BCUT2D eigenvalue weighted by atomic mass is 16.6. The quantitative estimate of drug-likeness (QED) is 0.805. The van der Waals surface area contributed by atoms with E-state index in [1.807, 2.05) is 30.3 Å². The van der Waals surface area contributed by atoms with E-state index in [2.05, 4.69) is 5.32 Å². The summed E-state index contributed by atoms with van der Waals surface area (Å²) in [7, 11) is 0. The monoisotopic (exact) mass is 321 g/mol. The van der Waals surface area contributed by atoms with Crippen LogP contribution >= 0.6 is 0 Å². The number of Topliss-reactive ketones (excluding diaryl/α,β-unsaturated/α-hetero) is 1. The predicted molar refractivity (Wildman–Crippen MR) is 85.2 cm³/mol. The van der Waals surface area contributed by atoms with E-state index in [0.29, 0.717) is 0 Å². The highest BCUT2D eigenvalue weighted by Gasteiger charge is 2.24. The molecule has 1 aromatic rings. The maximum absolute atomic E-state index is 11.9. The summed E-state index contributed by atoms with van der Waals surface area (Å²) < 4.78 is 5.02. The van der Waals surface area contributed by atoms with Gasteiger partial charge in [-0.1, -0.05) is 30.3 Å². The van der Waals surface area contributed by atoms with Crippen LogP contribution in [-0.4, -0.2) is 34.6 Å². The van der Waals surface area contributed by atoms with Crippen LogP contribution in [0, 0.1) is 0 Å². The summed E-state index contributed by atoms with van der Waals surface area (Å²) in [5.74, 6) is -1.27. The fourth-order valence-electron chi connectivity index (χ4n) is 1.92. The minimum absolute atomic E-state index is 0.0280. The third kappa shape index (κ3) is 7.99. The smallest absolute Gasteiger partial charge is 0.408 e. The van der Waals surface area contributed by atoms with E-state index >= 15 is 0 Å². The van der Waals surface area contributed by atoms with Crippen molar-refractivity contribution in [2.45, 2.75) is 51.7 Å². The van der Waals surface area contributed by atoms with Gasteiger partial charge in [-0.3, -0.25) is 4.79 Å². The van der Waals surface area contributed by atoms with Crippen LogP contribution in [0.25, 0.3) is 0 Å². The average molecular weight is 321 g/mol. The van der Waals surface area contributed by atoms with Gasteiger partial charge in [0.15, 0.2) is 0 Å². The summed E-state index contributed by atoms with van der Waals surface area (Å²) in [5.41, 5.74) is 0.167. The first kappa shape index (κ1) is 18.7. The van der Waals surface area contributed by atoms with Crippen LogP contribution < -0.4 is 5.32 Å². The Morgan fingerprint density at radius 2 is 1.78 bits per heavy atom. The lowest BCUT2D eigenvalue weighted by atomic mass is 10.0. The van der Waals surface area contributed by atoms with E-state index in [4.69, 9.17) is 9.84 Å². The van der Waals surface area contributed by atoms with Crippen molar-refractivity contribution < 1.29 is 24.2 Å². The molecule has 0 aromatic heterocycles. The first-order valence-corrected chi connectivity index (χ1v) is 7.45. The number of alkyl carbamates (subject to hydrolysis) is 1. The molecule has 0 bridgehead atoms. The Morgan fingerprint density at radius 3 is 2.30 bits per heavy atom. The number of aliphatic carboxylic acids is 1. The first-order valence-electron chi connectivity index (χ1n) is 7.45. The molecule has 1 amide bonds. The van der Waals surface area contributed by atoms with Gasteiger partial charge in [0.1, 0.15) is 17.4 Å². The number of carbonyl (C=O) groups excluding carboxylic acids is 2. The Balaban J connectivity index is 2.48. The number of ether oxygens (including phenoxy) is 1. The van der Waals surface area contributed by atoms with E-state index in [9.17, 15) is 14.4 Å². The van der Waals surface area contributed by atoms with Crippen LogP contribution in [0.1, 0.15) is 39.2 Å². The fraction of sp³-hybridized carbons (Fsp3) is 0.471. The van der Waals surface area contributed by atoms with Crippen LogP contribution in [0.4, 0.5) is 4.79 Å². The summed E-state index contributed by atoms with van der Waals surface area (Å²) in [5, 5.41) is 11.4. The summed E-state index contributed by atoms with van der Waals surface area (Å²) in [6.45, 7) is 5.06. The second-order valence-electron chi connectivity index (χ2n) is 6.28. The van der Waals surface area contributed by atoms with E-state index in [1.165, 1.54) is 0 Å². The largest absolute Gasteiger partial charge is 0.480 e. The normalized spacial score (nSPS) is 12.3. The zero-order valence-electron chi connectivity index (χ0n) is 13.7. The molecule has 6 nitrogen and oxygen atoms in total. The molecular weight excluding hydrogens is 298 g/mol. The van der Waals surface area contributed by atoms with Crippen LogP contribution in [0.5, 0.6) is 0 Å². The third-order valence-corrected chi connectivity index (χ3v) is 2.95. The number of rotatable bonds is 7. The van der Waals surface area contributed by atoms with Crippen molar-refractivity contribution in [2.24, 2.45) is 0 Å². The van der Waals surface area contributed by atoms with Gasteiger partial charge in [-0.2, -0.15) is 0 Å². The molecule has 2 N–H and O–H groups in total. The lowest BCUT2D eigenvalue weighted by Crippen LogP contribution is -2.43. The van der Waals surface area contributed by atoms with Gasteiger partial charge in [0.2, 0.25) is 0 Å². The van der Waals surface area contributed by atoms with Gasteiger partial charge < -0.3 is 15.2 Å². The first-order chi connectivity index (χ1) is 10.7. The van der Waals surface area contributed by atoms with Gasteiger partial charge in [0.05, 0.1) is 0 Å². The molecule has 0 saturated heterocycles. The molecule has 0 aliphatic carbocycles. The number of ketones is 1. The number of amides is 1. The zero-order valence-corrected chi connectivity index (χ0v) is 13.7. The molecule has 0 unspecified atom stereocenters. The third-order valence-electron chi connectivity index (χ3n) is 2.95. The molecule has 0 heterocycles. The molecule has 0 fully saturated rings. The average Bonchev–Trinajstić information content (AvgIpc) is 2.42. The number of hydrogen-bond donors (Lipinski definition) is 2. The van der Waals surface area contributed by atoms with Gasteiger partial charge in [-0.25, -0.2) is 9.59 Å². The Labute approximate surface area is 135 Å². The molecule has 0 radical (unpaired) electrons. The van der Waals surface area contributed by atoms with Gasteiger partial charge in [0, 0.05) is 12.8 Å². The Hall–Kier alpha value is -2.37. The molecule has 0 saturated carbocycles. The lowest BCUT2D eigenvalue weighted by Gasteiger charge is -2.21. The lowest BCUT2D eigenvalue weighted by molar-refractivity contribution is -0.139. The zero-order chi connectivity index (χ0) is 17.5. The number of carboxylic acid groups (broad SMARTS) is 1. The molecule has 126 valence electrons. The van der Waals surface area contributed by atoms with Crippen LogP contribution in [0.15, 0.2) is 30.3 Å². The minimum atomic E-state index is -1.19. The van der Waals surface area contributed by atoms with Crippen molar-refractivity contribution in [1.29, 1.82) is 0 Å². The summed E-state index contributed by atoms with van der Waals surface area (Å²) >= 11 is 0. The number of nitrogens with one attached hydrogen (secondary N) is 1. The summed E-state index contributed by atoms with van der Waals surface area (Å²) in [4.78, 5) is 34.7. The number of benzene rings is 1. The van der Waals surface area contributed by atoms with Crippen molar-refractivity contribution >= 4 is 17.8 Å². The number of carbonyl (C=O) groups is 3. The van der Waals surface area contributed by atoms with Gasteiger partial charge in [-0.15, -0.1) is 0 Å². The van der Waals surface area contributed by atoms with E-state index in [1.54, 1.807) is 20.8 Å². The Morgan fingerprint density at radius 1 is 1.17 bits per heavy atom. The topological polar surface area (TPSA) is 92.7 Å². The molecule has 6 heteroatoms. The maximum Gasteiger partial charge on any atom is 0.408 e. The minimum Gasteiger partial charge on any atom is -0.480 e. The molecule has 0 aliphatic rings. The van der Waals surface area contributed by atoms with E-state index in [0.717, 1.165) is 5.56 Å². The van der Waals surface area contributed by atoms with Gasteiger partial charge in [0.25, 0.3) is 0 Å². The highest BCUT2D eigenvalue weighted by Crippen LogP contribution is 2.09. The SMILES string of the molecule is CC(C)(C)OC(=O)N[C@H](CCC(=O)Cc1ccccc1)C(=O)O. The predicted octanol–water partition coefficient (Wildman–Crippen LogP) is 2.56. The van der Waals surface area contributed by atoms with Gasteiger partial charge in [-0.05, 0) is 32.8 Å². The molecule has 0 spiro atoms. The van der Waals surface area contributed by atoms with Crippen LogP contribution in [-0.2, 0) is 20.7 Å². The fourth-order valence-corrected chi connectivity index (χ4v) is 1.92. The number of hydrogen-bond acceptors (Lipinski definition) is 4. The molecule has 1 aromatic carbocycles. The van der Waals surface area contributed by atoms with Gasteiger partial charge >= 0.3 is 12.1 Å². The van der Waals surface area contributed by atoms with E-state index in [-0.39, 0.29) is 25.0 Å². The van der Waals surface area contributed by atoms with Crippen molar-refractivity contribution in [1.82, 2.24) is 5.32 Å². The van der Waals surface area contributed by atoms with Crippen molar-refractivity contribution in [2.75, 3.05) is 0 Å². The van der Waals surface area contributed by atoms with Crippen molar-refractivity contribution in [3.63, 3.8) is 0 Å². The maximum atomic E-state index is 11.9. The Kier molecular flexibility index (Phi) is 6.75. The molecule has 1 rings (SSSR count). The van der Waals surface area contributed by atoms with E-state index < -0.39 is 23.7 Å². The van der Waals surface area contributed by atoms with Crippen LogP contribution in [0.3, 0.4) is 0 Å². The number of carboxylic acids is 1. The Bertz CT molecular complexity index is 548. The van der Waals surface area contributed by atoms with Crippen LogP contribution in [0.2, 0.25) is 0 Å². The van der Waals surface area contributed by atoms with Crippen molar-refractivity contribution in [3.8, 4) is 0 Å². The highest BCUT2D eigenvalue weighted by molar-refractivity contribution is 5.83. The molecule has 0 aliphatic heterocycles. The molecule has 23 heavy (non-hydrogen) atoms. The second-order valence-corrected chi connectivity index (χ2v) is 6.28. The molecular formula is C17H23NO5. The standard InChI is InChI=1S/C17H23NO5/c1-17(2,3)23-16(22)18-14(15(20)21)10-9-13(19)11-12-7-5-4-6-8-12/h4-8,14H,9-11H2,1-3H3,(H,18,22)(H,20,21)/t14-/m1/s1. The summed E-state index contributed by atoms with van der Waals surface area (Å²) in [6.07, 6.45) is -0.456. The van der Waals surface area contributed by atoms with Crippen molar-refractivity contribution in [3.05, 3.63) is 35.9 Å².